The van der Waals surface area contributed by atoms with E-state index in [9.17, 15) is 9.90 Å². The summed E-state index contributed by atoms with van der Waals surface area (Å²) in [5.41, 5.74) is 2.65. The molecule has 7 nitrogen and oxygen atoms in total. The number of phenolic OH excluding ortho intramolecular Hbond substituents is 1. The number of phenols is 1. The number of likely N-dealkylation sites (tertiary alicyclic amines) is 1. The lowest BCUT2D eigenvalue weighted by atomic mass is 10.0. The first kappa shape index (κ1) is 24.0. The highest BCUT2D eigenvalue weighted by atomic mass is 32.2. The Balaban J connectivity index is 1.45. The highest BCUT2D eigenvalue weighted by molar-refractivity contribution is 8.00. The summed E-state index contributed by atoms with van der Waals surface area (Å²) < 4.78 is 13.6. The van der Waals surface area contributed by atoms with Gasteiger partial charge in [0.2, 0.25) is 0 Å². The molecule has 35 heavy (non-hydrogen) atoms. The Morgan fingerprint density at radius 1 is 1.14 bits per heavy atom. The average Bonchev–Trinajstić information content (AvgIpc) is 3.46. The van der Waals surface area contributed by atoms with Crippen molar-refractivity contribution in [1.29, 1.82) is 0 Å². The first-order valence-corrected chi connectivity index (χ1v) is 13.2. The number of aromatic hydroxyl groups is 1. The van der Waals surface area contributed by atoms with Gasteiger partial charge >= 0.3 is 6.09 Å². The van der Waals surface area contributed by atoms with E-state index in [2.05, 4.69) is 12.1 Å². The maximum Gasteiger partial charge on any atom is 0.410 e. The fraction of sp³-hybridized carbons (Fsp3) is 0.481. The quantitative estimate of drug-likeness (QED) is 0.464. The van der Waals surface area contributed by atoms with Crippen molar-refractivity contribution in [3.63, 3.8) is 0 Å². The standard InChI is InChI=1S/C27H33N3O4S/c1-27(2,3)34-26(32)29-12-11-21(17-29)35-24-15-19(18-7-9-20(31)10-8-18)14-23-22(24)16-28-30(23)25-6-4-5-13-33-25/h7-10,14-16,21,25,31H,4-6,11-13,17H2,1-3H3/t21-,25?/m0/s1. The molecule has 2 atom stereocenters. The molecule has 186 valence electrons. The fourth-order valence-corrected chi connectivity index (χ4v) is 5.99. The molecule has 3 heterocycles. The van der Waals surface area contributed by atoms with Gasteiger partial charge in [-0.2, -0.15) is 5.10 Å². The Morgan fingerprint density at radius 2 is 1.94 bits per heavy atom. The summed E-state index contributed by atoms with van der Waals surface area (Å²) in [7, 11) is 0. The molecule has 3 aromatic rings. The molecule has 2 aliphatic heterocycles. The van der Waals surface area contributed by atoms with Crippen LogP contribution in [0.25, 0.3) is 22.0 Å². The molecule has 5 rings (SSSR count). The molecule has 0 spiro atoms. The summed E-state index contributed by atoms with van der Waals surface area (Å²) in [6.45, 7) is 7.80. The monoisotopic (exact) mass is 495 g/mol. The molecule has 0 radical (unpaired) electrons. The van der Waals surface area contributed by atoms with Crippen molar-refractivity contribution >= 4 is 28.8 Å². The molecule has 2 fully saturated rings. The van der Waals surface area contributed by atoms with Crippen LogP contribution in [-0.4, -0.2) is 56.4 Å². The van der Waals surface area contributed by atoms with Crippen LogP contribution in [0.1, 0.15) is 52.7 Å². The number of ether oxygens (including phenoxy) is 2. The Bertz CT molecular complexity index is 1200. The molecular formula is C27H33N3O4S. The number of amides is 1. The summed E-state index contributed by atoms with van der Waals surface area (Å²) in [5, 5.41) is 15.9. The number of thioether (sulfide) groups is 1. The van der Waals surface area contributed by atoms with Gasteiger partial charge in [-0.15, -0.1) is 11.8 Å². The van der Waals surface area contributed by atoms with E-state index < -0.39 is 5.60 Å². The SMILES string of the molecule is CC(C)(C)OC(=O)N1CC[C@H](Sc2cc(-c3ccc(O)cc3)cc3c2cnn3C2CCCCO2)C1. The highest BCUT2D eigenvalue weighted by Crippen LogP contribution is 2.39. The Hall–Kier alpha value is -2.71. The van der Waals surface area contributed by atoms with Gasteiger partial charge in [0.05, 0.1) is 11.7 Å². The molecule has 0 bridgehead atoms. The Morgan fingerprint density at radius 3 is 2.66 bits per heavy atom. The van der Waals surface area contributed by atoms with Gasteiger partial charge < -0.3 is 19.5 Å². The minimum absolute atomic E-state index is 0.0525. The van der Waals surface area contributed by atoms with E-state index in [4.69, 9.17) is 14.6 Å². The van der Waals surface area contributed by atoms with E-state index in [-0.39, 0.29) is 23.3 Å². The number of nitrogens with zero attached hydrogens (tertiary/aromatic N) is 3. The van der Waals surface area contributed by atoms with E-state index in [1.165, 1.54) is 0 Å². The van der Waals surface area contributed by atoms with Crippen LogP contribution in [0.15, 0.2) is 47.5 Å². The van der Waals surface area contributed by atoms with Crippen LogP contribution in [0.4, 0.5) is 4.79 Å². The molecule has 1 unspecified atom stereocenters. The number of aromatic nitrogens is 2. The molecular weight excluding hydrogens is 462 g/mol. The lowest BCUT2D eigenvalue weighted by Crippen LogP contribution is -2.35. The summed E-state index contributed by atoms with van der Waals surface area (Å²) in [4.78, 5) is 15.5. The van der Waals surface area contributed by atoms with Crippen molar-refractivity contribution in [2.75, 3.05) is 19.7 Å². The fourth-order valence-electron chi connectivity index (χ4n) is 4.67. The number of benzene rings is 2. The van der Waals surface area contributed by atoms with Gasteiger partial charge in [0, 0.05) is 35.2 Å². The Kier molecular flexibility index (Phi) is 6.68. The third-order valence-corrected chi connectivity index (χ3v) is 7.71. The minimum Gasteiger partial charge on any atom is -0.508 e. The van der Waals surface area contributed by atoms with Crippen molar-refractivity contribution in [3.05, 3.63) is 42.6 Å². The minimum atomic E-state index is -0.497. The summed E-state index contributed by atoms with van der Waals surface area (Å²) in [5.74, 6) is 0.248. The molecule has 8 heteroatoms. The van der Waals surface area contributed by atoms with Crippen molar-refractivity contribution in [3.8, 4) is 16.9 Å². The second kappa shape index (κ2) is 9.74. The summed E-state index contributed by atoms with van der Waals surface area (Å²) >= 11 is 1.80. The van der Waals surface area contributed by atoms with Gasteiger partial charge in [-0.1, -0.05) is 12.1 Å². The van der Waals surface area contributed by atoms with Crippen molar-refractivity contribution < 1.29 is 19.4 Å². The third-order valence-electron chi connectivity index (χ3n) is 6.40. The van der Waals surface area contributed by atoms with Gasteiger partial charge in [-0.25, -0.2) is 9.48 Å². The topological polar surface area (TPSA) is 76.8 Å². The van der Waals surface area contributed by atoms with E-state index in [0.717, 1.165) is 59.2 Å². The number of rotatable bonds is 4. The van der Waals surface area contributed by atoms with Crippen LogP contribution in [0.3, 0.4) is 0 Å². The number of hydrogen-bond acceptors (Lipinski definition) is 6. The first-order valence-electron chi connectivity index (χ1n) is 12.3. The number of carbonyl (C=O) groups is 1. The predicted octanol–water partition coefficient (Wildman–Crippen LogP) is 6.21. The zero-order valence-electron chi connectivity index (χ0n) is 20.6. The van der Waals surface area contributed by atoms with Crippen LogP contribution < -0.4 is 0 Å². The zero-order chi connectivity index (χ0) is 24.6. The van der Waals surface area contributed by atoms with E-state index >= 15 is 0 Å². The van der Waals surface area contributed by atoms with Crippen molar-refractivity contribution in [2.24, 2.45) is 0 Å². The average molecular weight is 496 g/mol. The molecule has 0 aliphatic carbocycles. The second-order valence-electron chi connectivity index (χ2n) is 10.3. The smallest absolute Gasteiger partial charge is 0.410 e. The Labute approximate surface area is 210 Å². The molecule has 0 saturated carbocycles. The lowest BCUT2D eigenvalue weighted by molar-refractivity contribution is -0.0366. The first-order chi connectivity index (χ1) is 16.8. The number of carbonyl (C=O) groups excluding carboxylic acids is 1. The van der Waals surface area contributed by atoms with Crippen molar-refractivity contribution in [2.45, 2.75) is 68.4 Å². The molecule has 1 N–H and O–H groups in total. The van der Waals surface area contributed by atoms with E-state index in [1.54, 1.807) is 23.9 Å². The van der Waals surface area contributed by atoms with Crippen LogP contribution in [0.5, 0.6) is 5.75 Å². The maximum atomic E-state index is 12.6. The van der Waals surface area contributed by atoms with Gasteiger partial charge in [0.1, 0.15) is 11.4 Å². The van der Waals surface area contributed by atoms with E-state index in [1.807, 2.05) is 48.7 Å². The largest absolute Gasteiger partial charge is 0.508 e. The van der Waals surface area contributed by atoms with Crippen LogP contribution in [-0.2, 0) is 9.47 Å². The molecule has 1 aromatic heterocycles. The highest BCUT2D eigenvalue weighted by Gasteiger charge is 2.31. The van der Waals surface area contributed by atoms with Crippen LogP contribution >= 0.6 is 11.8 Å². The van der Waals surface area contributed by atoms with Crippen molar-refractivity contribution in [1.82, 2.24) is 14.7 Å². The van der Waals surface area contributed by atoms with E-state index in [0.29, 0.717) is 13.1 Å². The molecule has 2 aromatic carbocycles. The van der Waals surface area contributed by atoms with Gasteiger partial charge in [-0.05, 0) is 81.8 Å². The second-order valence-corrected chi connectivity index (χ2v) is 11.7. The van der Waals surface area contributed by atoms with Gasteiger partial charge in [-0.3, -0.25) is 0 Å². The summed E-state index contributed by atoms with van der Waals surface area (Å²) in [6, 6.07) is 11.7. The van der Waals surface area contributed by atoms with Crippen LogP contribution in [0.2, 0.25) is 0 Å². The lowest BCUT2D eigenvalue weighted by Gasteiger charge is -2.24. The number of fused-ring (bicyclic) bond motifs is 1. The third kappa shape index (κ3) is 5.43. The van der Waals surface area contributed by atoms with Gasteiger partial charge in [0.15, 0.2) is 6.23 Å². The van der Waals surface area contributed by atoms with Crippen LogP contribution in [0, 0.1) is 0 Å². The number of hydrogen-bond donors (Lipinski definition) is 1. The molecule has 2 aliphatic rings. The maximum absolute atomic E-state index is 12.6. The predicted molar refractivity (Wildman–Crippen MR) is 138 cm³/mol. The zero-order valence-corrected chi connectivity index (χ0v) is 21.4. The van der Waals surface area contributed by atoms with Gasteiger partial charge in [0.25, 0.3) is 0 Å². The molecule has 2 saturated heterocycles. The molecule has 1 amide bonds. The normalized spacial score (nSPS) is 20.9. The summed E-state index contributed by atoms with van der Waals surface area (Å²) in [6.07, 6.45) is 5.73.